The summed E-state index contributed by atoms with van der Waals surface area (Å²) in [5.74, 6) is -0.232. The minimum atomic E-state index is -0.418. The molecule has 0 bridgehead atoms. The SMILES string of the molecule is O=C(NN=Cc1cccc(Cl)c1)c1ccc(Br)o1. The van der Waals surface area contributed by atoms with Crippen molar-refractivity contribution in [3.63, 3.8) is 0 Å². The quantitative estimate of drug-likeness (QED) is 0.693. The standard InChI is InChI=1S/C12H8BrClN2O2/c13-11-5-4-10(18-11)12(17)16-15-7-8-2-1-3-9(14)6-8/h1-7H,(H,16,17). The highest BCUT2D eigenvalue weighted by Crippen LogP contribution is 2.13. The van der Waals surface area contributed by atoms with E-state index in [1.165, 1.54) is 6.21 Å². The zero-order valence-corrected chi connectivity index (χ0v) is 11.4. The Morgan fingerprint density at radius 2 is 2.22 bits per heavy atom. The fraction of sp³-hybridized carbons (Fsp3) is 0. The Bertz CT molecular complexity index is 595. The largest absolute Gasteiger partial charge is 0.444 e. The molecule has 0 saturated heterocycles. The predicted molar refractivity (Wildman–Crippen MR) is 72.9 cm³/mol. The summed E-state index contributed by atoms with van der Waals surface area (Å²) in [5, 5.41) is 4.42. The molecule has 1 heterocycles. The molecule has 1 amide bonds. The topological polar surface area (TPSA) is 54.6 Å². The first-order chi connectivity index (χ1) is 8.65. The van der Waals surface area contributed by atoms with Crippen LogP contribution in [0.2, 0.25) is 5.02 Å². The molecular formula is C12H8BrClN2O2. The van der Waals surface area contributed by atoms with Gasteiger partial charge in [-0.2, -0.15) is 5.10 Å². The molecule has 1 N–H and O–H groups in total. The van der Waals surface area contributed by atoms with Crippen molar-refractivity contribution in [2.24, 2.45) is 5.10 Å². The van der Waals surface area contributed by atoms with Gasteiger partial charge in [0.1, 0.15) is 0 Å². The summed E-state index contributed by atoms with van der Waals surface area (Å²) in [6.45, 7) is 0. The lowest BCUT2D eigenvalue weighted by atomic mass is 10.2. The van der Waals surface area contributed by atoms with Crippen molar-refractivity contribution in [1.29, 1.82) is 0 Å². The molecule has 0 atom stereocenters. The maximum Gasteiger partial charge on any atom is 0.307 e. The minimum Gasteiger partial charge on any atom is -0.444 e. The normalized spacial score (nSPS) is 10.8. The molecule has 1 aromatic heterocycles. The van der Waals surface area contributed by atoms with Crippen molar-refractivity contribution in [2.75, 3.05) is 0 Å². The lowest BCUT2D eigenvalue weighted by Gasteiger charge is -1.96. The molecule has 0 fully saturated rings. The van der Waals surface area contributed by atoms with Gasteiger partial charge in [-0.3, -0.25) is 4.79 Å². The number of furan rings is 1. The van der Waals surface area contributed by atoms with Crippen LogP contribution in [0.25, 0.3) is 0 Å². The van der Waals surface area contributed by atoms with Gasteiger partial charge in [-0.05, 0) is 45.8 Å². The summed E-state index contributed by atoms with van der Waals surface area (Å²) in [4.78, 5) is 11.5. The molecule has 18 heavy (non-hydrogen) atoms. The summed E-state index contributed by atoms with van der Waals surface area (Å²) in [6, 6.07) is 10.3. The van der Waals surface area contributed by atoms with Gasteiger partial charge >= 0.3 is 5.91 Å². The number of carbonyl (C=O) groups is 1. The molecule has 6 heteroatoms. The molecule has 0 spiro atoms. The number of hydrazone groups is 1. The van der Waals surface area contributed by atoms with Gasteiger partial charge in [-0.1, -0.05) is 23.7 Å². The summed E-state index contributed by atoms with van der Waals surface area (Å²) in [5.41, 5.74) is 3.15. The van der Waals surface area contributed by atoms with E-state index in [1.54, 1.807) is 30.3 Å². The van der Waals surface area contributed by atoms with Crippen molar-refractivity contribution in [3.05, 3.63) is 57.4 Å². The molecule has 0 unspecified atom stereocenters. The Morgan fingerprint density at radius 1 is 1.39 bits per heavy atom. The van der Waals surface area contributed by atoms with Gasteiger partial charge in [0.15, 0.2) is 10.4 Å². The van der Waals surface area contributed by atoms with Crippen molar-refractivity contribution in [3.8, 4) is 0 Å². The Balaban J connectivity index is 1.97. The maximum absolute atomic E-state index is 11.5. The fourth-order valence-electron chi connectivity index (χ4n) is 1.24. The zero-order chi connectivity index (χ0) is 13.0. The molecule has 0 aliphatic carbocycles. The lowest BCUT2D eigenvalue weighted by molar-refractivity contribution is 0.0926. The fourth-order valence-corrected chi connectivity index (χ4v) is 1.75. The second-order valence-electron chi connectivity index (χ2n) is 3.36. The van der Waals surface area contributed by atoms with Gasteiger partial charge in [-0.25, -0.2) is 5.43 Å². The molecule has 0 radical (unpaired) electrons. The molecule has 92 valence electrons. The van der Waals surface area contributed by atoms with E-state index in [-0.39, 0.29) is 5.76 Å². The smallest absolute Gasteiger partial charge is 0.307 e. The number of halogens is 2. The third kappa shape index (κ3) is 3.45. The van der Waals surface area contributed by atoms with Gasteiger partial charge in [0.25, 0.3) is 0 Å². The van der Waals surface area contributed by atoms with Gasteiger partial charge in [-0.15, -0.1) is 0 Å². The zero-order valence-electron chi connectivity index (χ0n) is 9.06. The summed E-state index contributed by atoms with van der Waals surface area (Å²) in [7, 11) is 0. The summed E-state index contributed by atoms with van der Waals surface area (Å²) < 4.78 is 5.57. The second kappa shape index (κ2) is 5.84. The molecule has 0 aliphatic rings. The number of nitrogens with zero attached hydrogens (tertiary/aromatic N) is 1. The maximum atomic E-state index is 11.5. The first-order valence-corrected chi connectivity index (χ1v) is 6.16. The van der Waals surface area contributed by atoms with Crippen LogP contribution in [0, 0.1) is 0 Å². The Kier molecular flexibility index (Phi) is 4.17. The van der Waals surface area contributed by atoms with Crippen LogP contribution in [-0.4, -0.2) is 12.1 Å². The first-order valence-electron chi connectivity index (χ1n) is 4.99. The van der Waals surface area contributed by atoms with E-state index in [0.29, 0.717) is 9.69 Å². The van der Waals surface area contributed by atoms with Gasteiger partial charge in [0.2, 0.25) is 0 Å². The van der Waals surface area contributed by atoms with Crippen LogP contribution in [0.4, 0.5) is 0 Å². The molecule has 0 saturated carbocycles. The Labute approximate surface area is 117 Å². The van der Waals surface area contributed by atoms with E-state index < -0.39 is 5.91 Å². The van der Waals surface area contributed by atoms with Crippen molar-refractivity contribution in [1.82, 2.24) is 5.43 Å². The molecule has 2 rings (SSSR count). The monoisotopic (exact) mass is 326 g/mol. The van der Waals surface area contributed by atoms with E-state index in [1.807, 2.05) is 6.07 Å². The van der Waals surface area contributed by atoms with Gasteiger partial charge in [0, 0.05) is 5.02 Å². The van der Waals surface area contributed by atoms with Crippen LogP contribution in [0.3, 0.4) is 0 Å². The van der Waals surface area contributed by atoms with E-state index in [2.05, 4.69) is 26.5 Å². The molecule has 4 nitrogen and oxygen atoms in total. The Morgan fingerprint density at radius 3 is 2.89 bits per heavy atom. The predicted octanol–water partition coefficient (Wildman–Crippen LogP) is 3.46. The van der Waals surface area contributed by atoms with E-state index >= 15 is 0 Å². The number of benzene rings is 1. The van der Waals surface area contributed by atoms with Crippen LogP contribution in [0.5, 0.6) is 0 Å². The highest BCUT2D eigenvalue weighted by atomic mass is 79.9. The Hall–Kier alpha value is -1.59. The van der Waals surface area contributed by atoms with E-state index in [0.717, 1.165) is 5.56 Å². The minimum absolute atomic E-state index is 0.185. The third-order valence-corrected chi connectivity index (χ3v) is 2.69. The first kappa shape index (κ1) is 12.9. The number of hydrogen-bond acceptors (Lipinski definition) is 3. The number of nitrogens with one attached hydrogen (secondary N) is 1. The number of amides is 1. The van der Waals surface area contributed by atoms with Crippen molar-refractivity contribution < 1.29 is 9.21 Å². The number of rotatable bonds is 3. The molecule has 2 aromatic rings. The number of carbonyl (C=O) groups excluding carboxylic acids is 1. The second-order valence-corrected chi connectivity index (χ2v) is 4.58. The van der Waals surface area contributed by atoms with Gasteiger partial charge < -0.3 is 4.42 Å². The van der Waals surface area contributed by atoms with Gasteiger partial charge in [0.05, 0.1) is 6.21 Å². The molecular weight excluding hydrogens is 320 g/mol. The van der Waals surface area contributed by atoms with E-state index in [9.17, 15) is 4.79 Å². The third-order valence-electron chi connectivity index (χ3n) is 2.03. The number of hydrogen-bond donors (Lipinski definition) is 1. The summed E-state index contributed by atoms with van der Waals surface area (Å²) >= 11 is 8.93. The highest BCUT2D eigenvalue weighted by Gasteiger charge is 2.08. The van der Waals surface area contributed by atoms with Crippen LogP contribution >= 0.6 is 27.5 Å². The average Bonchev–Trinajstić information content (AvgIpc) is 2.76. The van der Waals surface area contributed by atoms with Crippen molar-refractivity contribution >= 4 is 39.7 Å². The molecule has 1 aromatic carbocycles. The molecule has 0 aliphatic heterocycles. The summed E-state index contributed by atoms with van der Waals surface area (Å²) in [6.07, 6.45) is 1.50. The average molecular weight is 328 g/mol. The van der Waals surface area contributed by atoms with Crippen LogP contribution in [0.15, 0.2) is 50.6 Å². The van der Waals surface area contributed by atoms with Crippen LogP contribution in [-0.2, 0) is 0 Å². The lowest BCUT2D eigenvalue weighted by Crippen LogP contribution is -2.16. The van der Waals surface area contributed by atoms with Crippen LogP contribution < -0.4 is 5.43 Å². The van der Waals surface area contributed by atoms with Crippen molar-refractivity contribution in [2.45, 2.75) is 0 Å². The van der Waals surface area contributed by atoms with Crippen LogP contribution in [0.1, 0.15) is 16.1 Å². The van der Waals surface area contributed by atoms with E-state index in [4.69, 9.17) is 16.0 Å². The highest BCUT2D eigenvalue weighted by molar-refractivity contribution is 9.10.